The van der Waals surface area contributed by atoms with Crippen LogP contribution in [-0.2, 0) is 11.4 Å². The summed E-state index contributed by atoms with van der Waals surface area (Å²) in [5.74, 6) is 0.0363. The minimum atomic E-state index is -0.800. The number of ether oxygens (including phenoxy) is 2. The first-order valence-corrected chi connectivity index (χ1v) is 12.3. The summed E-state index contributed by atoms with van der Waals surface area (Å²) in [4.78, 5) is 15.3. The predicted molar refractivity (Wildman–Crippen MR) is 126 cm³/mol. The summed E-state index contributed by atoms with van der Waals surface area (Å²) in [5.41, 5.74) is 3.10. The van der Waals surface area contributed by atoms with Crippen molar-refractivity contribution >= 4 is 17.7 Å². The molecule has 2 aliphatic rings. The van der Waals surface area contributed by atoms with Gasteiger partial charge in [0.25, 0.3) is 0 Å². The van der Waals surface area contributed by atoms with Gasteiger partial charge in [-0.1, -0.05) is 12.1 Å². The van der Waals surface area contributed by atoms with E-state index < -0.39 is 11.8 Å². The molecule has 0 bridgehead atoms. The summed E-state index contributed by atoms with van der Waals surface area (Å²) in [6.45, 7) is 0.290. The van der Waals surface area contributed by atoms with E-state index in [-0.39, 0.29) is 11.7 Å². The maximum atomic E-state index is 14.6. The van der Waals surface area contributed by atoms with Crippen molar-refractivity contribution in [1.29, 1.82) is 0 Å². The Bertz CT molecular complexity index is 1190. The van der Waals surface area contributed by atoms with Crippen molar-refractivity contribution in [3.63, 3.8) is 0 Å². The summed E-state index contributed by atoms with van der Waals surface area (Å²) >= 11 is 1.73. The van der Waals surface area contributed by atoms with E-state index >= 15 is 0 Å². The van der Waals surface area contributed by atoms with Crippen LogP contribution in [0.25, 0.3) is 5.69 Å². The molecule has 2 heterocycles. The molecule has 2 saturated carbocycles. The first-order valence-electron chi connectivity index (χ1n) is 11.4. The van der Waals surface area contributed by atoms with Crippen molar-refractivity contribution in [1.82, 2.24) is 14.8 Å². The van der Waals surface area contributed by atoms with Crippen molar-refractivity contribution in [3.05, 3.63) is 65.4 Å². The number of thioether (sulfide) groups is 1. The second-order valence-corrected chi connectivity index (χ2v) is 10.2. The molecule has 2 aliphatic carbocycles. The molecule has 0 aliphatic heterocycles. The molecule has 2 fully saturated rings. The molecule has 34 heavy (non-hydrogen) atoms. The highest BCUT2D eigenvalue weighted by atomic mass is 32.2. The van der Waals surface area contributed by atoms with E-state index in [4.69, 9.17) is 9.47 Å². The van der Waals surface area contributed by atoms with Gasteiger partial charge in [-0.25, -0.2) is 14.1 Å². The second-order valence-electron chi connectivity index (χ2n) is 8.70. The van der Waals surface area contributed by atoms with E-state index in [9.17, 15) is 14.3 Å². The largest absolute Gasteiger partial charge is 0.489 e. The zero-order valence-corrected chi connectivity index (χ0v) is 19.6. The van der Waals surface area contributed by atoms with Gasteiger partial charge in [0.05, 0.1) is 31.6 Å². The Morgan fingerprint density at radius 1 is 1.26 bits per heavy atom. The average molecular weight is 484 g/mol. The van der Waals surface area contributed by atoms with Crippen LogP contribution in [0.5, 0.6) is 11.6 Å². The molecule has 2 aromatic heterocycles. The van der Waals surface area contributed by atoms with Crippen LogP contribution in [0.2, 0.25) is 0 Å². The smallest absolute Gasteiger partial charge is 0.304 e. The SMILES string of the molecule is COc1cc(-n2ncc(COc3cccc(C(CC(=O)O)SC4CC4)c3)c2C2CC2)c(F)cn1. The zero-order valence-electron chi connectivity index (χ0n) is 18.8. The molecule has 1 N–H and O–H groups in total. The molecule has 3 aromatic rings. The molecule has 1 aromatic carbocycles. The maximum Gasteiger partial charge on any atom is 0.304 e. The number of pyridine rings is 1. The van der Waals surface area contributed by atoms with Gasteiger partial charge in [-0.05, 0) is 43.4 Å². The van der Waals surface area contributed by atoms with E-state index in [1.807, 2.05) is 24.3 Å². The Balaban J connectivity index is 1.36. The van der Waals surface area contributed by atoms with Gasteiger partial charge in [-0.2, -0.15) is 5.10 Å². The van der Waals surface area contributed by atoms with E-state index in [0.29, 0.717) is 35.1 Å². The fourth-order valence-electron chi connectivity index (χ4n) is 3.98. The molecule has 9 heteroatoms. The van der Waals surface area contributed by atoms with E-state index in [1.54, 1.807) is 28.7 Å². The van der Waals surface area contributed by atoms with Crippen LogP contribution in [0.4, 0.5) is 4.39 Å². The third-order valence-electron chi connectivity index (χ3n) is 5.96. The Kier molecular flexibility index (Phi) is 6.45. The Hall–Kier alpha value is -3.07. The number of methoxy groups -OCH3 is 1. The number of rotatable bonds is 11. The van der Waals surface area contributed by atoms with Crippen LogP contribution >= 0.6 is 11.8 Å². The zero-order chi connectivity index (χ0) is 23.7. The van der Waals surface area contributed by atoms with Gasteiger partial charge in [0.15, 0.2) is 5.82 Å². The van der Waals surface area contributed by atoms with Crippen LogP contribution in [0.15, 0.2) is 42.7 Å². The number of hydrogen-bond acceptors (Lipinski definition) is 6. The number of nitrogens with zero attached hydrogens (tertiary/aromatic N) is 3. The van der Waals surface area contributed by atoms with Crippen molar-refractivity contribution in [2.45, 2.75) is 55.1 Å². The molecular weight excluding hydrogens is 457 g/mol. The number of aromatic nitrogens is 3. The molecule has 1 atom stereocenters. The lowest BCUT2D eigenvalue weighted by Gasteiger charge is -2.16. The number of hydrogen-bond donors (Lipinski definition) is 1. The molecular formula is C25H26FN3O4S. The average Bonchev–Trinajstić information content (AvgIpc) is 3.77. The normalized spacial score (nSPS) is 16.3. The van der Waals surface area contributed by atoms with Crippen molar-refractivity contribution in [2.24, 2.45) is 0 Å². The molecule has 0 amide bonds. The van der Waals surface area contributed by atoms with Gasteiger partial charge in [-0.15, -0.1) is 11.8 Å². The van der Waals surface area contributed by atoms with Gasteiger partial charge < -0.3 is 14.6 Å². The Labute approximate surface area is 201 Å². The predicted octanol–water partition coefficient (Wildman–Crippen LogP) is 5.28. The molecule has 0 spiro atoms. The van der Waals surface area contributed by atoms with E-state index in [2.05, 4.69) is 10.1 Å². The third kappa shape index (κ3) is 5.19. The first-order chi connectivity index (χ1) is 16.5. The van der Waals surface area contributed by atoms with Crippen LogP contribution in [-0.4, -0.2) is 38.2 Å². The van der Waals surface area contributed by atoms with Crippen LogP contribution in [0.3, 0.4) is 0 Å². The number of carboxylic acids is 1. The van der Waals surface area contributed by atoms with E-state index in [0.717, 1.165) is 48.7 Å². The Morgan fingerprint density at radius 2 is 2.09 bits per heavy atom. The topological polar surface area (TPSA) is 86.5 Å². The number of halogens is 1. The maximum absolute atomic E-state index is 14.6. The summed E-state index contributed by atoms with van der Waals surface area (Å²) in [7, 11) is 1.49. The monoisotopic (exact) mass is 483 g/mol. The fourth-order valence-corrected chi connectivity index (χ4v) is 5.39. The highest BCUT2D eigenvalue weighted by Gasteiger charge is 2.32. The molecule has 7 nitrogen and oxygen atoms in total. The molecule has 178 valence electrons. The van der Waals surface area contributed by atoms with Gasteiger partial charge in [0.2, 0.25) is 5.88 Å². The summed E-state index contributed by atoms with van der Waals surface area (Å²) in [6, 6.07) is 9.21. The number of benzene rings is 1. The van der Waals surface area contributed by atoms with Crippen LogP contribution in [0.1, 0.15) is 60.1 Å². The summed E-state index contributed by atoms with van der Waals surface area (Å²) < 4.78 is 27.5. The fraction of sp³-hybridized carbons (Fsp3) is 0.400. The quantitative estimate of drug-likeness (QED) is 0.397. The third-order valence-corrected chi connectivity index (χ3v) is 7.59. The summed E-state index contributed by atoms with van der Waals surface area (Å²) in [6.07, 6.45) is 7.29. The lowest BCUT2D eigenvalue weighted by molar-refractivity contribution is -0.137. The van der Waals surface area contributed by atoms with Crippen LogP contribution in [0, 0.1) is 5.82 Å². The van der Waals surface area contributed by atoms with Gasteiger partial charge in [0, 0.05) is 28.0 Å². The van der Waals surface area contributed by atoms with Gasteiger partial charge >= 0.3 is 5.97 Å². The lowest BCUT2D eigenvalue weighted by atomic mass is 10.1. The highest BCUT2D eigenvalue weighted by molar-refractivity contribution is 8.00. The van der Waals surface area contributed by atoms with Crippen molar-refractivity contribution < 1.29 is 23.8 Å². The lowest BCUT2D eigenvalue weighted by Crippen LogP contribution is -2.07. The molecule has 0 radical (unpaired) electrons. The molecule has 5 rings (SSSR count). The minimum absolute atomic E-state index is 0.0875. The number of carboxylic acid groups (broad SMARTS) is 1. The van der Waals surface area contributed by atoms with Gasteiger partial charge in [0.1, 0.15) is 18.0 Å². The standard InChI is InChI=1S/C25H26FN3O4S/c1-32-23-10-21(20(26)13-27-23)29-25(15-5-6-15)17(12-28-29)14-33-18-4-2-3-16(9-18)22(11-24(30)31)34-19-7-8-19/h2-4,9-10,12-13,15,19,22H,5-8,11,14H2,1H3,(H,30,31). The van der Waals surface area contributed by atoms with Crippen LogP contribution < -0.4 is 9.47 Å². The molecule has 1 unspecified atom stereocenters. The number of aliphatic carboxylic acids is 1. The minimum Gasteiger partial charge on any atom is -0.489 e. The number of carbonyl (C=O) groups is 1. The van der Waals surface area contributed by atoms with Gasteiger partial charge in [-0.3, -0.25) is 4.79 Å². The Morgan fingerprint density at radius 3 is 2.79 bits per heavy atom. The summed E-state index contributed by atoms with van der Waals surface area (Å²) in [5, 5.41) is 14.3. The van der Waals surface area contributed by atoms with Crippen molar-refractivity contribution in [2.75, 3.05) is 7.11 Å². The van der Waals surface area contributed by atoms with Crippen molar-refractivity contribution in [3.8, 4) is 17.3 Å². The first kappa shape index (κ1) is 22.7. The van der Waals surface area contributed by atoms with E-state index in [1.165, 1.54) is 7.11 Å². The highest BCUT2D eigenvalue weighted by Crippen LogP contribution is 2.46. The molecule has 0 saturated heterocycles. The second kappa shape index (κ2) is 9.66.